The Morgan fingerprint density at radius 2 is 2.07 bits per heavy atom. The maximum atomic E-state index is 13.2. The van der Waals surface area contributed by atoms with Gasteiger partial charge in [-0.2, -0.15) is 0 Å². The number of hydrogen-bond acceptors (Lipinski definition) is 6. The van der Waals surface area contributed by atoms with E-state index < -0.39 is 0 Å². The van der Waals surface area contributed by atoms with Crippen LogP contribution in [0.25, 0.3) is 10.2 Å². The van der Waals surface area contributed by atoms with Crippen molar-refractivity contribution in [2.75, 3.05) is 19.3 Å². The number of aromatic nitrogens is 2. The van der Waals surface area contributed by atoms with Crippen LogP contribution in [-0.4, -0.2) is 39.6 Å². The number of thioether (sulfide) groups is 1. The zero-order valence-electron chi connectivity index (χ0n) is 15.7. The van der Waals surface area contributed by atoms with Crippen LogP contribution in [-0.2, 0) is 19.5 Å². The van der Waals surface area contributed by atoms with Crippen LogP contribution in [0.3, 0.4) is 0 Å². The summed E-state index contributed by atoms with van der Waals surface area (Å²) in [6, 6.07) is 6.86. The lowest BCUT2D eigenvalue weighted by Crippen LogP contribution is -2.27. The second-order valence-electron chi connectivity index (χ2n) is 6.83. The van der Waals surface area contributed by atoms with E-state index in [-0.39, 0.29) is 17.1 Å². The van der Waals surface area contributed by atoms with Crippen molar-refractivity contribution in [1.82, 2.24) is 14.5 Å². The third-order valence-electron chi connectivity index (χ3n) is 4.93. The van der Waals surface area contributed by atoms with Gasteiger partial charge < -0.3 is 4.90 Å². The Morgan fingerprint density at radius 1 is 1.32 bits per heavy atom. The van der Waals surface area contributed by atoms with Crippen molar-refractivity contribution >= 4 is 50.7 Å². The highest BCUT2D eigenvalue weighted by molar-refractivity contribution is 7.99. The minimum atomic E-state index is -0.00855. The SMILES string of the molecule is CCn1c(SCC(=O)c2ccc(Cl)cc2)nc2sc3c(c2c1=O)CCN(C)C3. The molecule has 1 aliphatic rings. The molecule has 0 saturated heterocycles. The molecule has 3 heterocycles. The lowest BCUT2D eigenvalue weighted by atomic mass is 10.1. The number of likely N-dealkylation sites (N-methyl/N-ethyl adjacent to an activating group) is 1. The van der Waals surface area contributed by atoms with Crippen LogP contribution in [0, 0.1) is 0 Å². The first-order chi connectivity index (χ1) is 13.5. The van der Waals surface area contributed by atoms with Gasteiger partial charge in [0.1, 0.15) is 4.83 Å². The maximum Gasteiger partial charge on any atom is 0.263 e. The molecule has 1 aromatic carbocycles. The van der Waals surface area contributed by atoms with Gasteiger partial charge in [-0.25, -0.2) is 4.98 Å². The van der Waals surface area contributed by atoms with Crippen LogP contribution >= 0.6 is 34.7 Å². The molecule has 0 spiro atoms. The second kappa shape index (κ2) is 7.99. The van der Waals surface area contributed by atoms with Gasteiger partial charge in [-0.3, -0.25) is 14.2 Å². The molecule has 146 valence electrons. The standard InChI is InChI=1S/C20H20ClN3O2S2/c1-3-24-19(26)17-14-8-9-23(2)10-16(14)28-18(17)22-20(24)27-11-15(25)12-4-6-13(21)7-5-12/h4-7H,3,8-11H2,1-2H3. The summed E-state index contributed by atoms with van der Waals surface area (Å²) in [5, 5.41) is 1.97. The molecular weight excluding hydrogens is 414 g/mol. The molecular formula is C20H20ClN3O2S2. The van der Waals surface area contributed by atoms with Crippen LogP contribution in [0.1, 0.15) is 27.7 Å². The second-order valence-corrected chi connectivity index (χ2v) is 9.30. The van der Waals surface area contributed by atoms with Gasteiger partial charge in [0.2, 0.25) is 0 Å². The highest BCUT2D eigenvalue weighted by Crippen LogP contribution is 2.33. The van der Waals surface area contributed by atoms with Crippen molar-refractivity contribution in [2.45, 2.75) is 31.6 Å². The zero-order chi connectivity index (χ0) is 19.8. The molecule has 8 heteroatoms. The minimum absolute atomic E-state index is 0.00855. The van der Waals surface area contributed by atoms with Crippen LogP contribution in [0.2, 0.25) is 5.02 Å². The zero-order valence-corrected chi connectivity index (χ0v) is 18.1. The smallest absolute Gasteiger partial charge is 0.263 e. The molecule has 28 heavy (non-hydrogen) atoms. The molecule has 0 atom stereocenters. The number of rotatable bonds is 5. The summed E-state index contributed by atoms with van der Waals surface area (Å²) >= 11 is 8.81. The van der Waals surface area contributed by atoms with Gasteiger partial charge in [-0.15, -0.1) is 11.3 Å². The largest absolute Gasteiger partial charge is 0.301 e. The normalized spacial score (nSPS) is 14.4. The number of hydrogen-bond donors (Lipinski definition) is 0. The predicted molar refractivity (Wildman–Crippen MR) is 116 cm³/mol. The topological polar surface area (TPSA) is 55.2 Å². The highest BCUT2D eigenvalue weighted by atomic mass is 35.5. The van der Waals surface area contributed by atoms with Crippen LogP contribution < -0.4 is 5.56 Å². The van der Waals surface area contributed by atoms with Gasteiger partial charge in [0, 0.05) is 35.1 Å². The van der Waals surface area contributed by atoms with E-state index in [9.17, 15) is 9.59 Å². The van der Waals surface area contributed by atoms with Crippen LogP contribution in [0.5, 0.6) is 0 Å². The minimum Gasteiger partial charge on any atom is -0.301 e. The number of halogens is 1. The van der Waals surface area contributed by atoms with Crippen molar-refractivity contribution in [3.63, 3.8) is 0 Å². The summed E-state index contributed by atoms with van der Waals surface area (Å²) in [6.07, 6.45) is 0.883. The average molecular weight is 434 g/mol. The lowest BCUT2D eigenvalue weighted by Gasteiger charge is -2.21. The van der Waals surface area contributed by atoms with Crippen LogP contribution in [0.4, 0.5) is 0 Å². The van der Waals surface area contributed by atoms with Gasteiger partial charge in [-0.05, 0) is 50.2 Å². The van der Waals surface area contributed by atoms with Gasteiger partial charge in [-0.1, -0.05) is 23.4 Å². The third-order valence-corrected chi connectivity index (χ3v) is 7.27. The third kappa shape index (κ3) is 3.64. The molecule has 1 aliphatic heterocycles. The van der Waals surface area contributed by atoms with Crippen molar-refractivity contribution in [3.8, 4) is 0 Å². The number of carbonyl (C=O) groups excluding carboxylic acids is 1. The molecule has 4 rings (SSSR count). The first kappa shape index (κ1) is 19.6. The van der Waals surface area contributed by atoms with E-state index in [4.69, 9.17) is 16.6 Å². The quantitative estimate of drug-likeness (QED) is 0.344. The monoisotopic (exact) mass is 433 g/mol. The van der Waals surface area contributed by atoms with Gasteiger partial charge in [0.15, 0.2) is 10.9 Å². The molecule has 0 N–H and O–H groups in total. The van der Waals surface area contributed by atoms with E-state index in [1.807, 2.05) is 6.92 Å². The Balaban J connectivity index is 1.66. The fourth-order valence-electron chi connectivity index (χ4n) is 3.42. The first-order valence-corrected chi connectivity index (χ1v) is 11.3. The number of nitrogens with zero attached hydrogens (tertiary/aromatic N) is 3. The molecule has 2 aromatic heterocycles. The van der Waals surface area contributed by atoms with E-state index in [1.165, 1.54) is 16.6 Å². The fourth-order valence-corrected chi connectivity index (χ4v) is 5.85. The molecule has 0 fully saturated rings. The number of benzene rings is 1. The molecule has 0 bridgehead atoms. The summed E-state index contributed by atoms with van der Waals surface area (Å²) in [6.45, 7) is 4.28. The van der Waals surface area contributed by atoms with Crippen LogP contribution in [0.15, 0.2) is 34.2 Å². The summed E-state index contributed by atoms with van der Waals surface area (Å²) in [5.41, 5.74) is 1.78. The number of fused-ring (bicyclic) bond motifs is 3. The van der Waals surface area contributed by atoms with Crippen molar-refractivity contribution < 1.29 is 4.79 Å². The number of Topliss-reactive ketones (excluding diaryl/α,β-unsaturated/α-hetero) is 1. The summed E-state index contributed by atoms with van der Waals surface area (Å²) in [4.78, 5) is 34.7. The highest BCUT2D eigenvalue weighted by Gasteiger charge is 2.24. The van der Waals surface area contributed by atoms with E-state index in [2.05, 4.69) is 11.9 Å². The van der Waals surface area contributed by atoms with Gasteiger partial charge in [0.25, 0.3) is 5.56 Å². The molecule has 0 unspecified atom stereocenters. The Labute approximate surface area is 176 Å². The lowest BCUT2D eigenvalue weighted by molar-refractivity contribution is 0.102. The number of carbonyl (C=O) groups is 1. The van der Waals surface area contributed by atoms with Crippen molar-refractivity contribution in [1.29, 1.82) is 0 Å². The molecule has 3 aromatic rings. The molecule has 0 saturated carbocycles. The molecule has 0 amide bonds. The van der Waals surface area contributed by atoms with E-state index in [0.29, 0.717) is 22.3 Å². The maximum absolute atomic E-state index is 13.2. The Morgan fingerprint density at radius 3 is 2.79 bits per heavy atom. The fraction of sp³-hybridized carbons (Fsp3) is 0.350. The first-order valence-electron chi connectivity index (χ1n) is 9.13. The van der Waals surface area contributed by atoms with Gasteiger partial charge >= 0.3 is 0 Å². The van der Waals surface area contributed by atoms with E-state index >= 15 is 0 Å². The van der Waals surface area contributed by atoms with E-state index in [0.717, 1.165) is 35.3 Å². The Bertz CT molecular complexity index is 1110. The Kier molecular flexibility index (Phi) is 5.60. The molecule has 5 nitrogen and oxygen atoms in total. The van der Waals surface area contributed by atoms with Gasteiger partial charge in [0.05, 0.1) is 11.1 Å². The van der Waals surface area contributed by atoms with E-state index in [1.54, 1.807) is 40.2 Å². The summed E-state index contributed by atoms with van der Waals surface area (Å²) < 4.78 is 1.69. The number of thiophene rings is 1. The predicted octanol–water partition coefficient (Wildman–Crippen LogP) is 4.09. The Hall–Kier alpha value is -1.67. The number of ketones is 1. The van der Waals surface area contributed by atoms with Crippen molar-refractivity contribution in [2.24, 2.45) is 0 Å². The molecule has 0 aliphatic carbocycles. The summed E-state index contributed by atoms with van der Waals surface area (Å²) in [7, 11) is 2.09. The van der Waals surface area contributed by atoms with Crippen molar-refractivity contribution in [3.05, 3.63) is 55.6 Å². The molecule has 0 radical (unpaired) electrons. The average Bonchev–Trinajstić information content (AvgIpc) is 3.04. The summed E-state index contributed by atoms with van der Waals surface area (Å²) in [5.74, 6) is 0.221.